The number of nitrogens with zero attached hydrogens (tertiary/aromatic N) is 1. The maximum absolute atomic E-state index is 6.07. The molecule has 3 aromatic rings. The van der Waals surface area contributed by atoms with Crippen LogP contribution in [0.2, 0.25) is 5.02 Å². The topological polar surface area (TPSA) is 15.3 Å². The Balaban J connectivity index is 1.79. The van der Waals surface area contributed by atoms with Crippen LogP contribution in [0.3, 0.4) is 0 Å². The fourth-order valence-corrected chi connectivity index (χ4v) is 3.55. The lowest BCUT2D eigenvalue weighted by atomic mass is 9.95. The van der Waals surface area contributed by atoms with Crippen LogP contribution in [0, 0.1) is 0 Å². The summed E-state index contributed by atoms with van der Waals surface area (Å²) in [5.74, 6) is 0. The van der Waals surface area contributed by atoms with Gasteiger partial charge in [0.15, 0.2) is 0 Å². The van der Waals surface area contributed by atoms with E-state index in [9.17, 15) is 0 Å². The number of hydrogen-bond donors (Lipinski definition) is 1. The van der Waals surface area contributed by atoms with E-state index in [1.54, 1.807) is 0 Å². The van der Waals surface area contributed by atoms with E-state index in [1.165, 1.54) is 27.5 Å². The third-order valence-corrected chi connectivity index (χ3v) is 4.98. The fourth-order valence-electron chi connectivity index (χ4n) is 3.43. The molecule has 0 bridgehead atoms. The molecule has 0 amide bonds. The molecule has 1 aliphatic heterocycles. The molecule has 0 spiro atoms. The molecule has 0 radical (unpaired) electrons. The molecule has 2 nitrogen and oxygen atoms in total. The second-order valence-corrected chi connectivity index (χ2v) is 6.83. The molecule has 1 fully saturated rings. The van der Waals surface area contributed by atoms with Gasteiger partial charge in [-0.2, -0.15) is 0 Å². The van der Waals surface area contributed by atoms with E-state index >= 15 is 0 Å². The summed E-state index contributed by atoms with van der Waals surface area (Å²) < 4.78 is 0. The Bertz CT molecular complexity index is 836. The van der Waals surface area contributed by atoms with Crippen LogP contribution in [0.15, 0.2) is 60.7 Å². The largest absolute Gasteiger partial charge is 0.314 e. The van der Waals surface area contributed by atoms with Crippen molar-refractivity contribution >= 4 is 22.4 Å². The molecule has 122 valence electrons. The predicted molar refractivity (Wildman–Crippen MR) is 103 cm³/mol. The first-order valence-electron chi connectivity index (χ1n) is 8.50. The Morgan fingerprint density at radius 1 is 0.875 bits per heavy atom. The zero-order chi connectivity index (χ0) is 16.4. The summed E-state index contributed by atoms with van der Waals surface area (Å²) in [5.41, 5.74) is 3.93. The molecule has 24 heavy (non-hydrogen) atoms. The highest BCUT2D eigenvalue weighted by Gasteiger charge is 2.14. The fraction of sp³-hybridized carbons (Fsp3) is 0.238. The van der Waals surface area contributed by atoms with Crippen LogP contribution in [-0.4, -0.2) is 31.1 Å². The molecule has 0 atom stereocenters. The van der Waals surface area contributed by atoms with Crippen LogP contribution in [-0.2, 0) is 6.54 Å². The molecule has 0 saturated carbocycles. The summed E-state index contributed by atoms with van der Waals surface area (Å²) in [4.78, 5) is 2.53. The molecule has 0 aromatic heterocycles. The highest BCUT2D eigenvalue weighted by molar-refractivity contribution is 6.30. The Labute approximate surface area is 148 Å². The van der Waals surface area contributed by atoms with Gasteiger partial charge in [-0.15, -0.1) is 0 Å². The van der Waals surface area contributed by atoms with Gasteiger partial charge in [-0.25, -0.2) is 0 Å². The predicted octanol–water partition coefficient (Wildman–Crippen LogP) is 4.57. The smallest absolute Gasteiger partial charge is 0.0406 e. The molecule has 1 heterocycles. The first kappa shape index (κ1) is 15.6. The van der Waals surface area contributed by atoms with Crippen molar-refractivity contribution in [1.29, 1.82) is 0 Å². The van der Waals surface area contributed by atoms with Crippen molar-refractivity contribution in [2.24, 2.45) is 0 Å². The van der Waals surface area contributed by atoms with E-state index in [4.69, 9.17) is 11.6 Å². The minimum Gasteiger partial charge on any atom is -0.314 e. The molecule has 1 N–H and O–H groups in total. The number of nitrogens with one attached hydrogen (secondary N) is 1. The summed E-state index contributed by atoms with van der Waals surface area (Å²) in [6.07, 6.45) is 0. The maximum atomic E-state index is 6.07. The van der Waals surface area contributed by atoms with Crippen LogP contribution in [0.1, 0.15) is 5.56 Å². The van der Waals surface area contributed by atoms with Gasteiger partial charge < -0.3 is 5.32 Å². The first-order valence-corrected chi connectivity index (χ1v) is 8.88. The monoisotopic (exact) mass is 336 g/mol. The summed E-state index contributed by atoms with van der Waals surface area (Å²) in [5, 5.41) is 6.80. The minimum atomic E-state index is 0.781. The van der Waals surface area contributed by atoms with Crippen molar-refractivity contribution in [3.63, 3.8) is 0 Å². The van der Waals surface area contributed by atoms with Gasteiger partial charge in [0.05, 0.1) is 0 Å². The van der Waals surface area contributed by atoms with Crippen LogP contribution >= 0.6 is 11.6 Å². The van der Waals surface area contributed by atoms with Crippen molar-refractivity contribution in [3.8, 4) is 11.1 Å². The zero-order valence-electron chi connectivity index (χ0n) is 13.6. The van der Waals surface area contributed by atoms with Gasteiger partial charge in [0.1, 0.15) is 0 Å². The standard InChI is InChI=1S/C21H21ClN2/c22-20-7-5-16(6-8-20)21-14-18-4-2-1-3-17(18)13-19(21)15-24-11-9-23-10-12-24/h1-8,13-14,23H,9-12,15H2. The van der Waals surface area contributed by atoms with Crippen molar-refractivity contribution in [1.82, 2.24) is 10.2 Å². The van der Waals surface area contributed by atoms with Crippen LogP contribution in [0.5, 0.6) is 0 Å². The number of hydrogen-bond acceptors (Lipinski definition) is 2. The van der Waals surface area contributed by atoms with Gasteiger partial charge in [-0.05, 0) is 51.7 Å². The van der Waals surface area contributed by atoms with Crippen LogP contribution in [0.4, 0.5) is 0 Å². The molecular weight excluding hydrogens is 316 g/mol. The molecule has 1 aliphatic rings. The van der Waals surface area contributed by atoms with Gasteiger partial charge in [0.25, 0.3) is 0 Å². The lowest BCUT2D eigenvalue weighted by molar-refractivity contribution is 0.233. The summed E-state index contributed by atoms with van der Waals surface area (Å²) in [6, 6.07) is 21.4. The van der Waals surface area contributed by atoms with Crippen molar-refractivity contribution in [3.05, 3.63) is 71.2 Å². The van der Waals surface area contributed by atoms with E-state index in [0.29, 0.717) is 0 Å². The van der Waals surface area contributed by atoms with E-state index in [1.807, 2.05) is 12.1 Å². The lowest BCUT2D eigenvalue weighted by Crippen LogP contribution is -2.42. The Kier molecular flexibility index (Phi) is 4.52. The van der Waals surface area contributed by atoms with Gasteiger partial charge in [0.2, 0.25) is 0 Å². The van der Waals surface area contributed by atoms with E-state index < -0.39 is 0 Å². The molecule has 4 rings (SSSR count). The zero-order valence-corrected chi connectivity index (χ0v) is 14.4. The van der Waals surface area contributed by atoms with Crippen molar-refractivity contribution in [2.75, 3.05) is 26.2 Å². The quantitative estimate of drug-likeness (QED) is 0.754. The Hall–Kier alpha value is -1.87. The average Bonchev–Trinajstić information content (AvgIpc) is 2.63. The molecule has 1 saturated heterocycles. The number of halogens is 1. The van der Waals surface area contributed by atoms with Crippen LogP contribution in [0.25, 0.3) is 21.9 Å². The Morgan fingerprint density at radius 3 is 2.25 bits per heavy atom. The SMILES string of the molecule is Clc1ccc(-c2cc3ccccc3cc2CN2CCNCC2)cc1. The molecular formula is C21H21ClN2. The number of fused-ring (bicyclic) bond motifs is 1. The summed E-state index contributed by atoms with van der Waals surface area (Å²) >= 11 is 6.07. The summed E-state index contributed by atoms with van der Waals surface area (Å²) in [6.45, 7) is 5.35. The third kappa shape index (κ3) is 3.32. The number of rotatable bonds is 3. The maximum Gasteiger partial charge on any atom is 0.0406 e. The van der Waals surface area contributed by atoms with E-state index in [-0.39, 0.29) is 0 Å². The van der Waals surface area contributed by atoms with Crippen LogP contribution < -0.4 is 5.32 Å². The van der Waals surface area contributed by atoms with Crippen molar-refractivity contribution < 1.29 is 0 Å². The third-order valence-electron chi connectivity index (χ3n) is 4.73. The molecule has 0 unspecified atom stereocenters. The average molecular weight is 337 g/mol. The number of benzene rings is 3. The summed E-state index contributed by atoms with van der Waals surface area (Å²) in [7, 11) is 0. The van der Waals surface area contributed by atoms with Gasteiger partial charge in [0, 0.05) is 37.7 Å². The second-order valence-electron chi connectivity index (χ2n) is 6.39. The molecule has 0 aliphatic carbocycles. The highest BCUT2D eigenvalue weighted by atomic mass is 35.5. The normalized spacial score (nSPS) is 15.7. The van der Waals surface area contributed by atoms with Crippen molar-refractivity contribution in [2.45, 2.75) is 6.54 Å². The molecule has 3 heteroatoms. The Morgan fingerprint density at radius 2 is 1.54 bits per heavy atom. The minimum absolute atomic E-state index is 0.781. The second kappa shape index (κ2) is 6.94. The number of piperazine rings is 1. The lowest BCUT2D eigenvalue weighted by Gasteiger charge is -2.28. The first-order chi connectivity index (χ1) is 11.8. The highest BCUT2D eigenvalue weighted by Crippen LogP contribution is 2.30. The van der Waals surface area contributed by atoms with Gasteiger partial charge in [-0.1, -0.05) is 48.0 Å². The van der Waals surface area contributed by atoms with E-state index in [2.05, 4.69) is 58.7 Å². The van der Waals surface area contributed by atoms with Gasteiger partial charge in [-0.3, -0.25) is 4.90 Å². The molecule has 3 aromatic carbocycles. The van der Waals surface area contributed by atoms with E-state index in [0.717, 1.165) is 37.7 Å². The van der Waals surface area contributed by atoms with Gasteiger partial charge >= 0.3 is 0 Å².